The Balaban J connectivity index is 1.62. The van der Waals surface area contributed by atoms with E-state index in [9.17, 15) is 4.79 Å². The molecular formula is C22H19BrN6OS. The molecule has 0 aliphatic rings. The van der Waals surface area contributed by atoms with Crippen LogP contribution in [0.1, 0.15) is 11.1 Å². The summed E-state index contributed by atoms with van der Waals surface area (Å²) in [5.41, 5.74) is 3.92. The van der Waals surface area contributed by atoms with Crippen LogP contribution in [-0.2, 0) is 4.79 Å². The van der Waals surface area contributed by atoms with Gasteiger partial charge < -0.3 is 5.32 Å². The highest BCUT2D eigenvalue weighted by atomic mass is 79.9. The number of rotatable bonds is 6. The fraction of sp³-hybridized carbons (Fsp3) is 0.136. The molecule has 0 aliphatic heterocycles. The van der Waals surface area contributed by atoms with Gasteiger partial charge in [-0.15, -0.1) is 10.2 Å². The number of aryl methyl sites for hydroxylation is 2. The lowest BCUT2D eigenvalue weighted by Crippen LogP contribution is -2.15. The number of hydrogen-bond acceptors (Lipinski definition) is 6. The molecule has 0 bridgehead atoms. The van der Waals surface area contributed by atoms with Gasteiger partial charge in [0.15, 0.2) is 11.0 Å². The summed E-state index contributed by atoms with van der Waals surface area (Å²) < 4.78 is 2.80. The Morgan fingerprint density at radius 2 is 1.97 bits per heavy atom. The number of anilines is 1. The molecule has 4 rings (SSSR count). The zero-order valence-electron chi connectivity index (χ0n) is 16.9. The molecule has 3 heterocycles. The normalized spacial score (nSPS) is 10.8. The number of thioether (sulfide) groups is 1. The van der Waals surface area contributed by atoms with Gasteiger partial charge >= 0.3 is 0 Å². The van der Waals surface area contributed by atoms with Crippen molar-refractivity contribution in [1.29, 1.82) is 0 Å². The first kappa shape index (κ1) is 21.2. The summed E-state index contributed by atoms with van der Waals surface area (Å²) in [6, 6.07) is 15.4. The van der Waals surface area contributed by atoms with Gasteiger partial charge in [0.05, 0.1) is 11.4 Å². The van der Waals surface area contributed by atoms with Gasteiger partial charge in [-0.3, -0.25) is 14.3 Å². The van der Waals surface area contributed by atoms with Crippen LogP contribution in [0.4, 0.5) is 5.82 Å². The van der Waals surface area contributed by atoms with Gasteiger partial charge in [-0.25, -0.2) is 4.98 Å². The quantitative estimate of drug-likeness (QED) is 0.386. The summed E-state index contributed by atoms with van der Waals surface area (Å²) in [5, 5.41) is 12.1. The van der Waals surface area contributed by atoms with Crippen molar-refractivity contribution in [2.24, 2.45) is 0 Å². The molecule has 0 unspecified atom stereocenters. The first-order valence-electron chi connectivity index (χ1n) is 9.50. The molecule has 0 spiro atoms. The maximum absolute atomic E-state index is 12.5. The van der Waals surface area contributed by atoms with Crippen molar-refractivity contribution in [3.8, 4) is 17.2 Å². The number of carbonyl (C=O) groups is 1. The predicted molar refractivity (Wildman–Crippen MR) is 125 cm³/mol. The lowest BCUT2D eigenvalue weighted by Gasteiger charge is -2.13. The Morgan fingerprint density at radius 1 is 1.10 bits per heavy atom. The van der Waals surface area contributed by atoms with Gasteiger partial charge in [0, 0.05) is 16.9 Å². The number of carbonyl (C=O) groups excluding carboxylic acids is 1. The third-order valence-electron chi connectivity index (χ3n) is 4.45. The molecule has 0 aliphatic carbocycles. The topological polar surface area (TPSA) is 85.6 Å². The van der Waals surface area contributed by atoms with Crippen LogP contribution in [0.5, 0.6) is 0 Å². The Kier molecular flexibility index (Phi) is 6.43. The van der Waals surface area contributed by atoms with Crippen LogP contribution in [0.25, 0.3) is 17.2 Å². The Morgan fingerprint density at radius 3 is 2.68 bits per heavy atom. The first-order chi connectivity index (χ1) is 15.0. The molecule has 156 valence electrons. The SMILES string of the molecule is Cc1ccc(-n2c(SCC(=O)Nc3ccc(Br)cn3)nnc2-c2ccccn2)c(C)c1. The second-order valence-electron chi connectivity index (χ2n) is 6.85. The lowest BCUT2D eigenvalue weighted by molar-refractivity contribution is -0.113. The van der Waals surface area contributed by atoms with E-state index in [0.29, 0.717) is 22.5 Å². The van der Waals surface area contributed by atoms with Gasteiger partial charge in [-0.05, 0) is 65.7 Å². The molecule has 0 fully saturated rings. The molecule has 4 aromatic rings. The summed E-state index contributed by atoms with van der Waals surface area (Å²) in [5.74, 6) is 1.13. The molecule has 0 radical (unpaired) electrons. The van der Waals surface area contributed by atoms with Crippen molar-refractivity contribution in [2.45, 2.75) is 19.0 Å². The van der Waals surface area contributed by atoms with E-state index in [0.717, 1.165) is 15.7 Å². The minimum Gasteiger partial charge on any atom is -0.310 e. The molecule has 1 N–H and O–H groups in total. The Labute approximate surface area is 192 Å². The van der Waals surface area contributed by atoms with Crippen molar-refractivity contribution in [2.75, 3.05) is 11.1 Å². The highest BCUT2D eigenvalue weighted by Gasteiger charge is 2.19. The van der Waals surface area contributed by atoms with Crippen LogP contribution in [-0.4, -0.2) is 36.4 Å². The second kappa shape index (κ2) is 9.40. The van der Waals surface area contributed by atoms with E-state index >= 15 is 0 Å². The minimum atomic E-state index is -0.172. The van der Waals surface area contributed by atoms with Gasteiger partial charge in [-0.2, -0.15) is 0 Å². The lowest BCUT2D eigenvalue weighted by atomic mass is 10.1. The Hall–Kier alpha value is -3.04. The molecule has 1 aromatic carbocycles. The number of pyridine rings is 2. The summed E-state index contributed by atoms with van der Waals surface area (Å²) in [7, 11) is 0. The zero-order valence-corrected chi connectivity index (χ0v) is 19.3. The molecule has 0 saturated heterocycles. The second-order valence-corrected chi connectivity index (χ2v) is 8.70. The van der Waals surface area contributed by atoms with E-state index < -0.39 is 0 Å². The number of amides is 1. The van der Waals surface area contributed by atoms with Crippen molar-refractivity contribution in [3.63, 3.8) is 0 Å². The van der Waals surface area contributed by atoms with E-state index in [1.165, 1.54) is 17.3 Å². The Bertz CT molecular complexity index is 1210. The number of benzene rings is 1. The zero-order chi connectivity index (χ0) is 21.8. The highest BCUT2D eigenvalue weighted by molar-refractivity contribution is 9.10. The largest absolute Gasteiger partial charge is 0.310 e. The number of hydrogen-bond donors (Lipinski definition) is 1. The van der Waals surface area contributed by atoms with Crippen molar-refractivity contribution < 1.29 is 4.79 Å². The van der Waals surface area contributed by atoms with Crippen molar-refractivity contribution in [1.82, 2.24) is 24.7 Å². The minimum absolute atomic E-state index is 0.170. The summed E-state index contributed by atoms with van der Waals surface area (Å²) in [6.45, 7) is 4.10. The van der Waals surface area contributed by atoms with E-state index in [4.69, 9.17) is 0 Å². The molecule has 31 heavy (non-hydrogen) atoms. The average molecular weight is 495 g/mol. The fourth-order valence-corrected chi connectivity index (χ4v) is 4.04. The summed E-state index contributed by atoms with van der Waals surface area (Å²) >= 11 is 4.65. The van der Waals surface area contributed by atoms with Crippen LogP contribution in [0.2, 0.25) is 0 Å². The van der Waals surface area contributed by atoms with Crippen LogP contribution in [0.3, 0.4) is 0 Å². The number of nitrogens with one attached hydrogen (secondary N) is 1. The van der Waals surface area contributed by atoms with E-state index in [2.05, 4.69) is 54.4 Å². The summed E-state index contributed by atoms with van der Waals surface area (Å²) in [6.07, 6.45) is 3.36. The van der Waals surface area contributed by atoms with Gasteiger partial charge in [0.1, 0.15) is 11.5 Å². The van der Waals surface area contributed by atoms with Crippen molar-refractivity contribution >= 4 is 39.4 Å². The standard InChI is InChI=1S/C22H19BrN6OS/c1-14-6-8-18(15(2)11-14)29-21(17-5-3-4-10-24-17)27-28-22(29)31-13-20(30)26-19-9-7-16(23)12-25-19/h3-12H,13H2,1-2H3,(H,25,26,30). The van der Waals surface area contributed by atoms with Crippen LogP contribution >= 0.6 is 27.7 Å². The number of halogens is 1. The van der Waals surface area contributed by atoms with Crippen LogP contribution < -0.4 is 5.32 Å². The van der Waals surface area contributed by atoms with Gasteiger partial charge in [0.2, 0.25) is 5.91 Å². The smallest absolute Gasteiger partial charge is 0.236 e. The third kappa shape index (κ3) is 5.00. The van der Waals surface area contributed by atoms with E-state index in [1.54, 1.807) is 18.5 Å². The predicted octanol–water partition coefficient (Wildman–Crippen LogP) is 4.83. The molecule has 0 saturated carbocycles. The first-order valence-corrected chi connectivity index (χ1v) is 11.3. The molecule has 3 aromatic heterocycles. The third-order valence-corrected chi connectivity index (χ3v) is 5.85. The molecule has 0 atom stereocenters. The molecule has 9 heteroatoms. The average Bonchev–Trinajstić information content (AvgIpc) is 3.18. The monoisotopic (exact) mass is 494 g/mol. The molecule has 1 amide bonds. The van der Waals surface area contributed by atoms with Crippen LogP contribution in [0.15, 0.2) is 70.6 Å². The van der Waals surface area contributed by atoms with E-state index in [-0.39, 0.29) is 11.7 Å². The van der Waals surface area contributed by atoms with Crippen molar-refractivity contribution in [3.05, 3.63) is 76.5 Å². The van der Waals surface area contributed by atoms with Gasteiger partial charge in [0.25, 0.3) is 0 Å². The van der Waals surface area contributed by atoms with E-state index in [1.807, 2.05) is 47.9 Å². The number of aromatic nitrogens is 5. The maximum atomic E-state index is 12.5. The molecule has 7 nitrogen and oxygen atoms in total. The van der Waals surface area contributed by atoms with Crippen LogP contribution in [0, 0.1) is 13.8 Å². The number of nitrogens with zero attached hydrogens (tertiary/aromatic N) is 5. The fourth-order valence-electron chi connectivity index (χ4n) is 3.06. The maximum Gasteiger partial charge on any atom is 0.236 e. The molecular weight excluding hydrogens is 476 g/mol. The summed E-state index contributed by atoms with van der Waals surface area (Å²) in [4.78, 5) is 21.1. The highest BCUT2D eigenvalue weighted by Crippen LogP contribution is 2.29. The van der Waals surface area contributed by atoms with Gasteiger partial charge in [-0.1, -0.05) is 35.5 Å².